The van der Waals surface area contributed by atoms with Crippen LogP contribution in [-0.2, 0) is 4.79 Å². The lowest BCUT2D eigenvalue weighted by atomic mass is 10.2. The van der Waals surface area contributed by atoms with Gasteiger partial charge in [0.25, 0.3) is 5.91 Å². The van der Waals surface area contributed by atoms with Gasteiger partial charge in [-0.2, -0.15) is 0 Å². The number of hydrogen-bond acceptors (Lipinski definition) is 3. The number of hydrogen-bond donors (Lipinski definition) is 1. The van der Waals surface area contributed by atoms with Crippen LogP contribution in [0.3, 0.4) is 0 Å². The first-order chi connectivity index (χ1) is 9.06. The zero-order valence-electron chi connectivity index (χ0n) is 11.1. The van der Waals surface area contributed by atoms with E-state index in [0.717, 1.165) is 19.5 Å². The van der Waals surface area contributed by atoms with Crippen LogP contribution in [-0.4, -0.2) is 43.6 Å². The van der Waals surface area contributed by atoms with E-state index in [1.807, 2.05) is 0 Å². The standard InChI is InChI=1S/C13H16Cl2N2O2.ClH/c1-17(11-2-3-16-7-11)13(18)8-19-12-5-9(14)4-10(15)6-12;/h4-6,11,16H,2-3,7-8H2,1H3;1H. The molecule has 1 heterocycles. The van der Waals surface area contributed by atoms with Crippen molar-refractivity contribution in [3.8, 4) is 5.75 Å². The molecule has 7 heteroatoms. The number of amides is 1. The molecule has 1 unspecified atom stereocenters. The molecule has 0 bridgehead atoms. The monoisotopic (exact) mass is 338 g/mol. The molecule has 1 saturated heterocycles. The van der Waals surface area contributed by atoms with Gasteiger partial charge in [0.2, 0.25) is 0 Å². The number of ether oxygens (including phenoxy) is 1. The summed E-state index contributed by atoms with van der Waals surface area (Å²) in [5.74, 6) is 0.452. The molecular formula is C13H17Cl3N2O2. The van der Waals surface area contributed by atoms with Crippen LogP contribution < -0.4 is 10.1 Å². The first kappa shape index (κ1) is 17.4. The molecule has 0 spiro atoms. The zero-order chi connectivity index (χ0) is 13.8. The third-order valence-corrected chi connectivity index (χ3v) is 3.61. The summed E-state index contributed by atoms with van der Waals surface area (Å²) < 4.78 is 5.43. The summed E-state index contributed by atoms with van der Waals surface area (Å²) in [4.78, 5) is 13.7. The Morgan fingerprint density at radius 2 is 2.05 bits per heavy atom. The van der Waals surface area contributed by atoms with Gasteiger partial charge in [-0.25, -0.2) is 0 Å². The summed E-state index contributed by atoms with van der Waals surface area (Å²) in [6, 6.07) is 5.14. The Kier molecular flexibility index (Phi) is 6.89. The molecule has 0 aliphatic carbocycles. The second kappa shape index (κ2) is 7.93. The molecule has 1 N–H and O–H groups in total. The molecule has 2 rings (SSSR count). The molecule has 1 atom stereocenters. The van der Waals surface area contributed by atoms with E-state index in [0.29, 0.717) is 15.8 Å². The number of halogens is 3. The van der Waals surface area contributed by atoms with Gasteiger partial charge in [-0.05, 0) is 31.2 Å². The molecule has 1 aliphatic heterocycles. The van der Waals surface area contributed by atoms with Crippen molar-refractivity contribution in [1.82, 2.24) is 10.2 Å². The van der Waals surface area contributed by atoms with E-state index < -0.39 is 0 Å². The minimum Gasteiger partial charge on any atom is -0.484 e. The van der Waals surface area contributed by atoms with Crippen LogP contribution in [0.5, 0.6) is 5.75 Å². The average molecular weight is 340 g/mol. The predicted octanol–water partition coefficient (Wildman–Crippen LogP) is 2.61. The van der Waals surface area contributed by atoms with Crippen molar-refractivity contribution >= 4 is 41.5 Å². The van der Waals surface area contributed by atoms with E-state index in [-0.39, 0.29) is 31.0 Å². The highest BCUT2D eigenvalue weighted by atomic mass is 35.5. The van der Waals surface area contributed by atoms with Gasteiger partial charge < -0.3 is 15.0 Å². The van der Waals surface area contributed by atoms with Gasteiger partial charge in [0.05, 0.1) is 0 Å². The summed E-state index contributed by atoms with van der Waals surface area (Å²) in [5.41, 5.74) is 0. The molecule has 0 saturated carbocycles. The number of nitrogens with one attached hydrogen (secondary N) is 1. The van der Waals surface area contributed by atoms with Gasteiger partial charge in [-0.15, -0.1) is 12.4 Å². The fourth-order valence-corrected chi connectivity index (χ4v) is 2.54. The highest BCUT2D eigenvalue weighted by Gasteiger charge is 2.23. The fraction of sp³-hybridized carbons (Fsp3) is 0.462. The summed E-state index contributed by atoms with van der Waals surface area (Å²) in [5, 5.41) is 4.21. The van der Waals surface area contributed by atoms with Crippen molar-refractivity contribution in [1.29, 1.82) is 0 Å². The Balaban J connectivity index is 0.00000200. The van der Waals surface area contributed by atoms with Crippen LogP contribution >= 0.6 is 35.6 Å². The number of carbonyl (C=O) groups excluding carboxylic acids is 1. The highest BCUT2D eigenvalue weighted by Crippen LogP contribution is 2.24. The second-order valence-electron chi connectivity index (χ2n) is 4.55. The Bertz CT molecular complexity index is 445. The van der Waals surface area contributed by atoms with Crippen LogP contribution in [0, 0.1) is 0 Å². The molecule has 20 heavy (non-hydrogen) atoms. The summed E-state index contributed by atoms with van der Waals surface area (Å²) in [6.07, 6.45) is 0.977. The third-order valence-electron chi connectivity index (χ3n) is 3.17. The summed E-state index contributed by atoms with van der Waals surface area (Å²) in [7, 11) is 1.80. The van der Waals surface area contributed by atoms with Gasteiger partial charge >= 0.3 is 0 Å². The van der Waals surface area contributed by atoms with E-state index in [1.165, 1.54) is 0 Å². The van der Waals surface area contributed by atoms with Crippen LogP contribution in [0.25, 0.3) is 0 Å². The van der Waals surface area contributed by atoms with E-state index in [4.69, 9.17) is 27.9 Å². The van der Waals surface area contributed by atoms with Crippen molar-refractivity contribution in [2.45, 2.75) is 12.5 Å². The van der Waals surface area contributed by atoms with Gasteiger partial charge in [0.15, 0.2) is 6.61 Å². The number of carbonyl (C=O) groups is 1. The van der Waals surface area contributed by atoms with Crippen molar-refractivity contribution in [3.05, 3.63) is 28.2 Å². The molecule has 0 radical (unpaired) electrons. The van der Waals surface area contributed by atoms with Gasteiger partial charge in [-0.1, -0.05) is 23.2 Å². The largest absolute Gasteiger partial charge is 0.484 e. The smallest absolute Gasteiger partial charge is 0.260 e. The normalized spacial score (nSPS) is 17.4. The first-order valence-electron chi connectivity index (χ1n) is 6.11. The third kappa shape index (κ3) is 4.70. The summed E-state index contributed by atoms with van der Waals surface area (Å²) in [6.45, 7) is 1.78. The molecule has 1 fully saturated rings. The van der Waals surface area contributed by atoms with Crippen molar-refractivity contribution in [2.24, 2.45) is 0 Å². The maximum Gasteiger partial charge on any atom is 0.260 e. The molecule has 1 aromatic rings. The molecule has 0 aromatic heterocycles. The molecule has 4 nitrogen and oxygen atoms in total. The molecule has 1 amide bonds. The van der Waals surface area contributed by atoms with Crippen molar-refractivity contribution in [3.63, 3.8) is 0 Å². The minimum atomic E-state index is -0.0511. The lowest BCUT2D eigenvalue weighted by Crippen LogP contribution is -2.40. The van der Waals surface area contributed by atoms with E-state index in [1.54, 1.807) is 30.1 Å². The van der Waals surface area contributed by atoms with E-state index >= 15 is 0 Å². The number of rotatable bonds is 4. The summed E-state index contributed by atoms with van der Waals surface area (Å²) >= 11 is 11.7. The second-order valence-corrected chi connectivity index (χ2v) is 5.42. The molecular weight excluding hydrogens is 323 g/mol. The highest BCUT2D eigenvalue weighted by molar-refractivity contribution is 6.34. The van der Waals surface area contributed by atoms with E-state index in [2.05, 4.69) is 5.32 Å². The Labute approximate surface area is 134 Å². The maximum absolute atomic E-state index is 12.0. The van der Waals surface area contributed by atoms with Crippen molar-refractivity contribution < 1.29 is 9.53 Å². The van der Waals surface area contributed by atoms with Crippen LogP contribution in [0.1, 0.15) is 6.42 Å². The maximum atomic E-state index is 12.0. The minimum absolute atomic E-state index is 0. The number of likely N-dealkylation sites (N-methyl/N-ethyl adjacent to an activating group) is 1. The van der Waals surface area contributed by atoms with Crippen LogP contribution in [0.2, 0.25) is 10.0 Å². The van der Waals surface area contributed by atoms with E-state index in [9.17, 15) is 4.79 Å². The fourth-order valence-electron chi connectivity index (χ4n) is 2.03. The van der Waals surface area contributed by atoms with Gasteiger partial charge in [0.1, 0.15) is 5.75 Å². The molecule has 112 valence electrons. The predicted molar refractivity (Wildman–Crippen MR) is 83.2 cm³/mol. The topological polar surface area (TPSA) is 41.6 Å². The quantitative estimate of drug-likeness (QED) is 0.917. The van der Waals surface area contributed by atoms with Gasteiger partial charge in [0, 0.05) is 29.7 Å². The average Bonchev–Trinajstić information content (AvgIpc) is 2.87. The molecule has 1 aliphatic rings. The Hall–Kier alpha value is -0.680. The number of nitrogens with zero attached hydrogens (tertiary/aromatic N) is 1. The lowest BCUT2D eigenvalue weighted by molar-refractivity contribution is -0.133. The van der Waals surface area contributed by atoms with Crippen LogP contribution in [0.4, 0.5) is 0 Å². The molecule has 1 aromatic carbocycles. The van der Waals surface area contributed by atoms with Crippen molar-refractivity contribution in [2.75, 3.05) is 26.7 Å². The Morgan fingerprint density at radius 1 is 1.40 bits per heavy atom. The SMILES string of the molecule is CN(C(=O)COc1cc(Cl)cc(Cl)c1)C1CCNC1.Cl. The zero-order valence-corrected chi connectivity index (χ0v) is 13.4. The number of benzene rings is 1. The Morgan fingerprint density at radius 3 is 2.60 bits per heavy atom. The first-order valence-corrected chi connectivity index (χ1v) is 6.87. The van der Waals surface area contributed by atoms with Gasteiger partial charge in [-0.3, -0.25) is 4.79 Å². The lowest BCUT2D eigenvalue weighted by Gasteiger charge is -2.23. The van der Waals surface area contributed by atoms with Crippen LogP contribution in [0.15, 0.2) is 18.2 Å².